The molecule has 1 aliphatic heterocycles. The highest BCUT2D eigenvalue weighted by atomic mass is 35.5. The standard InChI is InChI=1S/C17H21ClN2O/c1-12-2-3-14-9-15(17(18)19-16(14)8-12)10-20-6-4-13(11-21)5-7-20/h2-3,8-9,13,21H,4-7,10-11H2,1H3. The minimum atomic E-state index is 0.311. The normalized spacial score (nSPS) is 17.5. The molecule has 1 aliphatic rings. The second-order valence-electron chi connectivity index (χ2n) is 6.04. The molecule has 112 valence electrons. The van der Waals surface area contributed by atoms with E-state index in [1.807, 2.05) is 0 Å². The maximum atomic E-state index is 9.20. The lowest BCUT2D eigenvalue weighted by Crippen LogP contribution is -2.34. The highest BCUT2D eigenvalue weighted by Gasteiger charge is 2.19. The van der Waals surface area contributed by atoms with Crippen LogP contribution in [0.15, 0.2) is 24.3 Å². The fraction of sp³-hybridized carbons (Fsp3) is 0.471. The number of hydrogen-bond donors (Lipinski definition) is 1. The number of aliphatic hydroxyl groups is 1. The molecular weight excluding hydrogens is 284 g/mol. The van der Waals surface area contributed by atoms with Gasteiger partial charge in [-0.1, -0.05) is 23.7 Å². The van der Waals surface area contributed by atoms with Crippen LogP contribution in [0.5, 0.6) is 0 Å². The largest absolute Gasteiger partial charge is 0.396 e. The van der Waals surface area contributed by atoms with E-state index in [0.717, 1.165) is 48.9 Å². The SMILES string of the molecule is Cc1ccc2cc(CN3CCC(CO)CC3)c(Cl)nc2c1. The van der Waals surface area contributed by atoms with Crippen molar-refractivity contribution in [3.63, 3.8) is 0 Å². The second kappa shape index (κ2) is 6.30. The Labute approximate surface area is 130 Å². The molecule has 0 atom stereocenters. The lowest BCUT2D eigenvalue weighted by Gasteiger charge is -2.31. The molecule has 0 saturated carbocycles. The number of likely N-dealkylation sites (tertiary alicyclic amines) is 1. The molecule has 4 heteroatoms. The molecule has 0 spiro atoms. The zero-order valence-corrected chi connectivity index (χ0v) is 13.1. The van der Waals surface area contributed by atoms with E-state index < -0.39 is 0 Å². The van der Waals surface area contributed by atoms with Crippen LogP contribution in [-0.2, 0) is 6.54 Å². The molecule has 0 aliphatic carbocycles. The number of benzene rings is 1. The van der Waals surface area contributed by atoms with Crippen molar-refractivity contribution in [1.82, 2.24) is 9.88 Å². The zero-order valence-electron chi connectivity index (χ0n) is 12.3. The monoisotopic (exact) mass is 304 g/mol. The fourth-order valence-corrected chi connectivity index (χ4v) is 3.18. The molecule has 3 rings (SSSR count). The van der Waals surface area contributed by atoms with Gasteiger partial charge in [0, 0.05) is 24.1 Å². The first kappa shape index (κ1) is 14.8. The van der Waals surface area contributed by atoms with Crippen molar-refractivity contribution in [2.45, 2.75) is 26.3 Å². The number of aryl methyl sites for hydroxylation is 1. The molecule has 1 aromatic carbocycles. The van der Waals surface area contributed by atoms with E-state index >= 15 is 0 Å². The Morgan fingerprint density at radius 3 is 2.76 bits per heavy atom. The van der Waals surface area contributed by atoms with Gasteiger partial charge in [0.25, 0.3) is 0 Å². The maximum Gasteiger partial charge on any atom is 0.134 e. The Morgan fingerprint density at radius 1 is 1.29 bits per heavy atom. The van der Waals surface area contributed by atoms with Gasteiger partial charge in [0.1, 0.15) is 5.15 Å². The lowest BCUT2D eigenvalue weighted by atomic mass is 9.97. The third kappa shape index (κ3) is 3.37. The van der Waals surface area contributed by atoms with Crippen LogP contribution in [-0.4, -0.2) is 34.7 Å². The van der Waals surface area contributed by atoms with E-state index in [1.165, 1.54) is 5.56 Å². The van der Waals surface area contributed by atoms with Crippen LogP contribution < -0.4 is 0 Å². The molecule has 2 aromatic rings. The molecule has 0 bridgehead atoms. The van der Waals surface area contributed by atoms with Crippen molar-refractivity contribution in [1.29, 1.82) is 0 Å². The predicted molar refractivity (Wildman–Crippen MR) is 86.6 cm³/mol. The molecule has 1 fully saturated rings. The van der Waals surface area contributed by atoms with Crippen LogP contribution >= 0.6 is 11.6 Å². The van der Waals surface area contributed by atoms with Gasteiger partial charge in [-0.2, -0.15) is 0 Å². The summed E-state index contributed by atoms with van der Waals surface area (Å²) in [7, 11) is 0. The summed E-state index contributed by atoms with van der Waals surface area (Å²) in [5, 5.41) is 11.0. The Morgan fingerprint density at radius 2 is 2.05 bits per heavy atom. The summed E-state index contributed by atoms with van der Waals surface area (Å²) < 4.78 is 0. The van der Waals surface area contributed by atoms with Crippen LogP contribution in [0.25, 0.3) is 10.9 Å². The van der Waals surface area contributed by atoms with Gasteiger partial charge in [-0.05, 0) is 56.5 Å². The lowest BCUT2D eigenvalue weighted by molar-refractivity contribution is 0.127. The van der Waals surface area contributed by atoms with E-state index in [2.05, 4.69) is 41.1 Å². The van der Waals surface area contributed by atoms with Crippen molar-refractivity contribution < 1.29 is 5.11 Å². The molecule has 0 radical (unpaired) electrons. The van der Waals surface area contributed by atoms with E-state index in [9.17, 15) is 5.11 Å². The molecule has 3 nitrogen and oxygen atoms in total. The fourth-order valence-electron chi connectivity index (χ4n) is 2.98. The predicted octanol–water partition coefficient (Wildman–Crippen LogP) is 3.40. The number of aromatic nitrogens is 1. The van der Waals surface area contributed by atoms with Gasteiger partial charge in [-0.3, -0.25) is 4.90 Å². The van der Waals surface area contributed by atoms with Crippen LogP contribution in [0.1, 0.15) is 24.0 Å². The van der Waals surface area contributed by atoms with Gasteiger partial charge < -0.3 is 5.11 Å². The van der Waals surface area contributed by atoms with Crippen LogP contribution in [0.2, 0.25) is 5.15 Å². The smallest absolute Gasteiger partial charge is 0.134 e. The summed E-state index contributed by atoms with van der Waals surface area (Å²) in [6.45, 7) is 5.26. The van der Waals surface area contributed by atoms with Crippen molar-refractivity contribution in [2.24, 2.45) is 5.92 Å². The van der Waals surface area contributed by atoms with Crippen LogP contribution in [0, 0.1) is 12.8 Å². The zero-order chi connectivity index (χ0) is 14.8. The molecule has 1 aromatic heterocycles. The average Bonchev–Trinajstić information content (AvgIpc) is 2.49. The summed E-state index contributed by atoms with van der Waals surface area (Å²) in [5.74, 6) is 0.467. The Balaban J connectivity index is 1.78. The Hall–Kier alpha value is -1.16. The summed E-state index contributed by atoms with van der Waals surface area (Å²) in [5.41, 5.74) is 3.25. The van der Waals surface area contributed by atoms with Crippen molar-refractivity contribution in [3.05, 3.63) is 40.5 Å². The Kier molecular flexibility index (Phi) is 4.43. The minimum Gasteiger partial charge on any atom is -0.396 e. The highest BCUT2D eigenvalue weighted by molar-refractivity contribution is 6.30. The van der Waals surface area contributed by atoms with Crippen molar-refractivity contribution in [3.8, 4) is 0 Å². The Bertz CT molecular complexity index is 636. The number of halogens is 1. The number of fused-ring (bicyclic) bond motifs is 1. The molecule has 2 heterocycles. The average molecular weight is 305 g/mol. The topological polar surface area (TPSA) is 36.4 Å². The van der Waals surface area contributed by atoms with Crippen molar-refractivity contribution in [2.75, 3.05) is 19.7 Å². The molecule has 21 heavy (non-hydrogen) atoms. The molecule has 1 saturated heterocycles. The van der Waals surface area contributed by atoms with Gasteiger partial charge >= 0.3 is 0 Å². The number of aliphatic hydroxyl groups excluding tert-OH is 1. The number of hydrogen-bond acceptors (Lipinski definition) is 3. The summed E-state index contributed by atoms with van der Waals surface area (Å²) in [6, 6.07) is 8.43. The maximum absolute atomic E-state index is 9.20. The van der Waals surface area contributed by atoms with Gasteiger partial charge in [0.15, 0.2) is 0 Å². The number of rotatable bonds is 3. The molecule has 0 unspecified atom stereocenters. The molecular formula is C17H21ClN2O. The van der Waals surface area contributed by atoms with Gasteiger partial charge in [0.05, 0.1) is 5.52 Å². The van der Waals surface area contributed by atoms with Gasteiger partial charge in [-0.25, -0.2) is 4.98 Å². The van der Waals surface area contributed by atoms with Crippen LogP contribution in [0.3, 0.4) is 0 Å². The second-order valence-corrected chi connectivity index (χ2v) is 6.39. The quantitative estimate of drug-likeness (QED) is 0.883. The highest BCUT2D eigenvalue weighted by Crippen LogP contribution is 2.25. The minimum absolute atomic E-state index is 0.311. The van der Waals surface area contributed by atoms with Crippen LogP contribution in [0.4, 0.5) is 0 Å². The van der Waals surface area contributed by atoms with E-state index in [4.69, 9.17) is 11.6 Å². The molecule has 1 N–H and O–H groups in total. The number of nitrogens with zero attached hydrogens (tertiary/aromatic N) is 2. The number of piperidine rings is 1. The first-order chi connectivity index (χ1) is 10.2. The third-order valence-corrected chi connectivity index (χ3v) is 4.69. The van der Waals surface area contributed by atoms with Gasteiger partial charge in [0.2, 0.25) is 0 Å². The van der Waals surface area contributed by atoms with E-state index in [1.54, 1.807) is 0 Å². The third-order valence-electron chi connectivity index (χ3n) is 4.36. The first-order valence-corrected chi connectivity index (χ1v) is 7.92. The van der Waals surface area contributed by atoms with E-state index in [-0.39, 0.29) is 0 Å². The van der Waals surface area contributed by atoms with Gasteiger partial charge in [-0.15, -0.1) is 0 Å². The number of pyridine rings is 1. The van der Waals surface area contributed by atoms with Crippen molar-refractivity contribution >= 4 is 22.5 Å². The summed E-state index contributed by atoms with van der Waals surface area (Å²) in [4.78, 5) is 6.93. The van der Waals surface area contributed by atoms with E-state index in [0.29, 0.717) is 17.7 Å². The first-order valence-electron chi connectivity index (χ1n) is 7.54. The summed E-state index contributed by atoms with van der Waals surface area (Å²) >= 11 is 6.35. The summed E-state index contributed by atoms with van der Waals surface area (Å²) in [6.07, 6.45) is 2.13. The molecule has 0 amide bonds.